The Balaban J connectivity index is 1.68. The Bertz CT molecular complexity index is 595. The highest BCUT2D eigenvalue weighted by Gasteiger charge is 2.37. The molecule has 2 aromatic carbocycles. The van der Waals surface area contributed by atoms with Gasteiger partial charge < -0.3 is 9.64 Å². The van der Waals surface area contributed by atoms with E-state index in [0.29, 0.717) is 5.92 Å². The minimum absolute atomic E-state index is 0.195. The number of anilines is 1. The second kappa shape index (κ2) is 4.86. The van der Waals surface area contributed by atoms with Crippen molar-refractivity contribution < 1.29 is 4.74 Å². The second-order valence-corrected chi connectivity index (χ2v) is 5.75. The molecule has 2 aliphatic heterocycles. The Kier molecular flexibility index (Phi) is 2.87. The van der Waals surface area contributed by atoms with Crippen LogP contribution in [0.2, 0.25) is 0 Å². The molecule has 0 radical (unpaired) electrons. The van der Waals surface area contributed by atoms with Crippen LogP contribution >= 0.6 is 0 Å². The lowest BCUT2D eigenvalue weighted by atomic mass is 9.87. The van der Waals surface area contributed by atoms with Crippen molar-refractivity contribution in [3.63, 3.8) is 0 Å². The Morgan fingerprint density at radius 2 is 1.75 bits per heavy atom. The van der Waals surface area contributed by atoms with Crippen LogP contribution in [0.1, 0.15) is 18.4 Å². The molecule has 4 rings (SSSR count). The first kappa shape index (κ1) is 11.8. The van der Waals surface area contributed by atoms with E-state index in [1.165, 1.54) is 24.1 Å². The topological polar surface area (TPSA) is 12.5 Å². The monoisotopic (exact) mass is 265 g/mol. The predicted octanol–water partition coefficient (Wildman–Crippen LogP) is 3.86. The zero-order valence-electron chi connectivity index (χ0n) is 11.5. The first-order chi connectivity index (χ1) is 9.92. The fraction of sp³-hybridized carbons (Fsp3) is 0.333. The molecule has 0 amide bonds. The summed E-state index contributed by atoms with van der Waals surface area (Å²) in [6.07, 6.45) is 3.86. The third kappa shape index (κ3) is 1.96. The van der Waals surface area contributed by atoms with Gasteiger partial charge in [-0.25, -0.2) is 0 Å². The molecular weight excluding hydrogens is 246 g/mol. The summed E-state index contributed by atoms with van der Waals surface area (Å²) in [5.41, 5.74) is 2.64. The molecule has 0 N–H and O–H groups in total. The largest absolute Gasteiger partial charge is 0.470 e. The number of hydrogen-bond acceptors (Lipinski definition) is 2. The van der Waals surface area contributed by atoms with Crippen LogP contribution < -0.4 is 9.64 Å². The number of hydrogen-bond donors (Lipinski definition) is 0. The number of benzene rings is 2. The van der Waals surface area contributed by atoms with Gasteiger partial charge in [0.25, 0.3) is 0 Å². The summed E-state index contributed by atoms with van der Waals surface area (Å²) in [7, 11) is 0. The van der Waals surface area contributed by atoms with Crippen molar-refractivity contribution in [1.82, 2.24) is 0 Å². The van der Waals surface area contributed by atoms with E-state index in [1.807, 2.05) is 0 Å². The lowest BCUT2D eigenvalue weighted by molar-refractivity contribution is 0.0844. The molecule has 0 saturated carbocycles. The van der Waals surface area contributed by atoms with Crippen LogP contribution in [0.4, 0.5) is 5.69 Å². The molecule has 0 bridgehead atoms. The van der Waals surface area contributed by atoms with Gasteiger partial charge in [0.05, 0.1) is 0 Å². The van der Waals surface area contributed by atoms with Crippen LogP contribution in [0.3, 0.4) is 0 Å². The number of piperidine rings is 1. The van der Waals surface area contributed by atoms with E-state index >= 15 is 0 Å². The van der Waals surface area contributed by atoms with Crippen molar-refractivity contribution in [3.05, 3.63) is 60.2 Å². The maximum absolute atomic E-state index is 6.33. The molecule has 2 unspecified atom stereocenters. The normalized spacial score (nSPS) is 24.5. The standard InChI is InChI=1S/C18H19NO/c1-2-9-16(10-3-1)19-12-6-8-15-13-14-7-4-5-11-17(14)20-18(15)19/h1-5,7,9-11,15,18H,6,8,12-13H2. The first-order valence-electron chi connectivity index (χ1n) is 7.48. The molecular formula is C18H19NO. The smallest absolute Gasteiger partial charge is 0.175 e. The summed E-state index contributed by atoms with van der Waals surface area (Å²) in [6, 6.07) is 19.1. The summed E-state index contributed by atoms with van der Waals surface area (Å²) in [5, 5.41) is 0. The lowest BCUT2D eigenvalue weighted by Gasteiger charge is -2.45. The van der Waals surface area contributed by atoms with E-state index in [2.05, 4.69) is 59.5 Å². The van der Waals surface area contributed by atoms with Gasteiger partial charge in [0.15, 0.2) is 6.23 Å². The first-order valence-corrected chi connectivity index (χ1v) is 7.48. The van der Waals surface area contributed by atoms with E-state index in [1.54, 1.807) is 0 Å². The summed E-state index contributed by atoms with van der Waals surface area (Å²) in [4.78, 5) is 2.43. The Hall–Kier alpha value is -1.96. The van der Waals surface area contributed by atoms with Gasteiger partial charge in [0.2, 0.25) is 0 Å². The zero-order chi connectivity index (χ0) is 13.4. The number of rotatable bonds is 1. The highest BCUT2D eigenvalue weighted by molar-refractivity contribution is 5.48. The van der Waals surface area contributed by atoms with Crippen molar-refractivity contribution in [1.29, 1.82) is 0 Å². The van der Waals surface area contributed by atoms with Gasteiger partial charge in [0.1, 0.15) is 5.75 Å². The van der Waals surface area contributed by atoms with Crippen molar-refractivity contribution in [2.45, 2.75) is 25.5 Å². The summed E-state index contributed by atoms with van der Waals surface area (Å²) in [5.74, 6) is 1.68. The minimum atomic E-state index is 0.195. The fourth-order valence-electron chi connectivity index (χ4n) is 3.51. The van der Waals surface area contributed by atoms with Crippen molar-refractivity contribution in [3.8, 4) is 5.75 Å². The van der Waals surface area contributed by atoms with Gasteiger partial charge in [0, 0.05) is 18.2 Å². The molecule has 1 fully saturated rings. The Morgan fingerprint density at radius 1 is 0.950 bits per heavy atom. The summed E-state index contributed by atoms with van der Waals surface area (Å²) in [6.45, 7) is 1.09. The molecule has 20 heavy (non-hydrogen) atoms. The van der Waals surface area contributed by atoms with Crippen molar-refractivity contribution >= 4 is 5.69 Å². The summed E-state index contributed by atoms with van der Waals surface area (Å²) >= 11 is 0. The molecule has 1 saturated heterocycles. The van der Waals surface area contributed by atoms with E-state index in [-0.39, 0.29) is 6.23 Å². The van der Waals surface area contributed by atoms with Gasteiger partial charge in [-0.15, -0.1) is 0 Å². The molecule has 0 aromatic heterocycles. The van der Waals surface area contributed by atoms with Gasteiger partial charge in [-0.2, -0.15) is 0 Å². The van der Waals surface area contributed by atoms with E-state index in [4.69, 9.17) is 4.74 Å². The average molecular weight is 265 g/mol. The number of para-hydroxylation sites is 2. The Morgan fingerprint density at radius 3 is 2.65 bits per heavy atom. The Labute approximate surface area is 120 Å². The lowest BCUT2D eigenvalue weighted by Crippen LogP contribution is -2.51. The number of ether oxygens (including phenoxy) is 1. The number of nitrogens with zero attached hydrogens (tertiary/aromatic N) is 1. The zero-order valence-corrected chi connectivity index (χ0v) is 11.5. The molecule has 2 aliphatic rings. The minimum Gasteiger partial charge on any atom is -0.470 e. The van der Waals surface area contributed by atoms with Gasteiger partial charge in [-0.3, -0.25) is 0 Å². The molecule has 0 aliphatic carbocycles. The van der Waals surface area contributed by atoms with E-state index in [0.717, 1.165) is 18.7 Å². The van der Waals surface area contributed by atoms with Gasteiger partial charge in [-0.05, 0) is 43.0 Å². The highest BCUT2D eigenvalue weighted by atomic mass is 16.5. The van der Waals surface area contributed by atoms with Crippen LogP contribution in [0.25, 0.3) is 0 Å². The van der Waals surface area contributed by atoms with Crippen LogP contribution in [0.15, 0.2) is 54.6 Å². The summed E-state index contributed by atoms with van der Waals surface area (Å²) < 4.78 is 6.33. The average Bonchev–Trinajstić information content (AvgIpc) is 2.53. The maximum atomic E-state index is 6.33. The quantitative estimate of drug-likeness (QED) is 0.776. The molecule has 2 aromatic rings. The molecule has 2 heteroatoms. The van der Waals surface area contributed by atoms with Crippen LogP contribution in [0.5, 0.6) is 5.75 Å². The van der Waals surface area contributed by atoms with E-state index < -0.39 is 0 Å². The highest BCUT2D eigenvalue weighted by Crippen LogP contribution is 2.38. The third-order valence-electron chi connectivity index (χ3n) is 4.47. The fourth-order valence-corrected chi connectivity index (χ4v) is 3.51. The number of fused-ring (bicyclic) bond motifs is 2. The molecule has 0 spiro atoms. The van der Waals surface area contributed by atoms with Crippen molar-refractivity contribution in [2.24, 2.45) is 5.92 Å². The maximum Gasteiger partial charge on any atom is 0.175 e. The molecule has 2 atom stereocenters. The van der Waals surface area contributed by atoms with Crippen molar-refractivity contribution in [2.75, 3.05) is 11.4 Å². The molecule has 102 valence electrons. The van der Waals surface area contributed by atoms with Gasteiger partial charge in [-0.1, -0.05) is 36.4 Å². The predicted molar refractivity (Wildman–Crippen MR) is 81.1 cm³/mol. The van der Waals surface area contributed by atoms with E-state index in [9.17, 15) is 0 Å². The second-order valence-electron chi connectivity index (χ2n) is 5.75. The molecule has 2 heterocycles. The third-order valence-corrected chi connectivity index (χ3v) is 4.47. The van der Waals surface area contributed by atoms with Gasteiger partial charge >= 0.3 is 0 Å². The SMILES string of the molecule is c1ccc(N2CCCC3Cc4ccccc4OC32)cc1. The van der Waals surface area contributed by atoms with Crippen LogP contribution in [-0.2, 0) is 6.42 Å². The molecule has 2 nitrogen and oxygen atoms in total. The van der Waals surface area contributed by atoms with Crippen LogP contribution in [-0.4, -0.2) is 12.8 Å². The van der Waals surface area contributed by atoms with Crippen LogP contribution in [0, 0.1) is 5.92 Å².